The number of thiocarbonyl (C=S) groups is 1. The van der Waals surface area contributed by atoms with E-state index in [-0.39, 0.29) is 11.9 Å². The monoisotopic (exact) mass is 308 g/mol. The van der Waals surface area contributed by atoms with E-state index in [1.165, 1.54) is 0 Å². The Kier molecular flexibility index (Phi) is 6.55. The second-order valence-corrected chi connectivity index (χ2v) is 5.53. The Balaban J connectivity index is 2.94. The van der Waals surface area contributed by atoms with E-state index < -0.39 is 0 Å². The number of hydrogen-bond acceptors (Lipinski definition) is 4. The summed E-state index contributed by atoms with van der Waals surface area (Å²) in [5, 5.41) is 0. The van der Waals surface area contributed by atoms with Crippen molar-refractivity contribution in [1.82, 2.24) is 9.88 Å². The minimum absolute atomic E-state index is 0.0442. The van der Waals surface area contributed by atoms with Crippen LogP contribution in [0.25, 0.3) is 0 Å². The SMILES string of the molecule is CCN(CC)C(=O)c1cc(N(C)C(C)CC(N)=S)ccn1. The minimum Gasteiger partial charge on any atom is -0.393 e. The van der Waals surface area contributed by atoms with Crippen LogP contribution < -0.4 is 10.6 Å². The van der Waals surface area contributed by atoms with Crippen molar-refractivity contribution in [3.63, 3.8) is 0 Å². The molecule has 0 aliphatic carbocycles. The fourth-order valence-electron chi connectivity index (χ4n) is 2.11. The van der Waals surface area contributed by atoms with Gasteiger partial charge in [-0.25, -0.2) is 0 Å². The molecule has 5 nitrogen and oxygen atoms in total. The van der Waals surface area contributed by atoms with Gasteiger partial charge in [0.05, 0.1) is 4.99 Å². The van der Waals surface area contributed by atoms with Crippen LogP contribution in [0, 0.1) is 0 Å². The Morgan fingerprint density at radius 2 is 2.05 bits per heavy atom. The molecule has 116 valence electrons. The zero-order valence-electron chi connectivity index (χ0n) is 13.2. The molecule has 0 saturated carbocycles. The molecule has 0 aromatic carbocycles. The summed E-state index contributed by atoms with van der Waals surface area (Å²) in [5.41, 5.74) is 6.99. The van der Waals surface area contributed by atoms with Crippen molar-refractivity contribution in [3.8, 4) is 0 Å². The van der Waals surface area contributed by atoms with Gasteiger partial charge in [-0.2, -0.15) is 0 Å². The van der Waals surface area contributed by atoms with Crippen LogP contribution >= 0.6 is 12.2 Å². The van der Waals surface area contributed by atoms with E-state index in [0.29, 0.717) is 30.2 Å². The first kappa shape index (κ1) is 17.4. The highest BCUT2D eigenvalue weighted by molar-refractivity contribution is 7.80. The Labute approximate surface area is 132 Å². The Bertz CT molecular complexity index is 502. The summed E-state index contributed by atoms with van der Waals surface area (Å²) in [4.78, 5) is 20.8. The van der Waals surface area contributed by atoms with Crippen molar-refractivity contribution in [2.45, 2.75) is 33.2 Å². The summed E-state index contributed by atoms with van der Waals surface area (Å²) in [5.74, 6) is -0.0442. The van der Waals surface area contributed by atoms with E-state index in [0.717, 1.165) is 5.69 Å². The van der Waals surface area contributed by atoms with Crippen molar-refractivity contribution < 1.29 is 4.79 Å². The molecule has 0 aliphatic rings. The lowest BCUT2D eigenvalue weighted by Crippen LogP contribution is -2.33. The second-order valence-electron chi connectivity index (χ2n) is 5.01. The lowest BCUT2D eigenvalue weighted by molar-refractivity contribution is 0.0767. The number of rotatable bonds is 7. The van der Waals surface area contributed by atoms with Gasteiger partial charge in [0.2, 0.25) is 0 Å². The van der Waals surface area contributed by atoms with E-state index in [2.05, 4.69) is 9.88 Å². The largest absolute Gasteiger partial charge is 0.393 e. The third-order valence-corrected chi connectivity index (χ3v) is 3.74. The number of carbonyl (C=O) groups excluding carboxylic acids is 1. The molecule has 1 heterocycles. The molecule has 1 rings (SSSR count). The summed E-state index contributed by atoms with van der Waals surface area (Å²) in [6.45, 7) is 7.32. The molecule has 0 bridgehead atoms. The van der Waals surface area contributed by atoms with Crippen molar-refractivity contribution >= 4 is 28.8 Å². The average Bonchev–Trinajstić information content (AvgIpc) is 2.47. The summed E-state index contributed by atoms with van der Waals surface area (Å²) >= 11 is 4.95. The van der Waals surface area contributed by atoms with Crippen LogP contribution in [0.2, 0.25) is 0 Å². The zero-order valence-corrected chi connectivity index (χ0v) is 14.0. The van der Waals surface area contributed by atoms with Gasteiger partial charge in [-0.15, -0.1) is 0 Å². The van der Waals surface area contributed by atoms with Gasteiger partial charge in [-0.1, -0.05) is 12.2 Å². The summed E-state index contributed by atoms with van der Waals surface area (Å²) < 4.78 is 0. The van der Waals surface area contributed by atoms with Gasteiger partial charge in [0, 0.05) is 44.5 Å². The third kappa shape index (κ3) is 4.67. The molecule has 0 spiro atoms. The van der Waals surface area contributed by atoms with Crippen LogP contribution in [0.3, 0.4) is 0 Å². The summed E-state index contributed by atoms with van der Waals surface area (Å²) in [6, 6.07) is 3.87. The maximum Gasteiger partial charge on any atom is 0.272 e. The predicted octanol–water partition coefficient (Wildman–Crippen LogP) is 2.06. The van der Waals surface area contributed by atoms with Crippen LogP contribution in [-0.2, 0) is 0 Å². The van der Waals surface area contributed by atoms with Gasteiger partial charge in [-0.05, 0) is 32.9 Å². The van der Waals surface area contributed by atoms with Crippen molar-refractivity contribution in [3.05, 3.63) is 24.0 Å². The van der Waals surface area contributed by atoms with Gasteiger partial charge in [0.15, 0.2) is 0 Å². The highest BCUT2D eigenvalue weighted by atomic mass is 32.1. The van der Waals surface area contributed by atoms with E-state index >= 15 is 0 Å². The summed E-state index contributed by atoms with van der Waals surface area (Å²) in [7, 11) is 1.96. The highest BCUT2D eigenvalue weighted by Gasteiger charge is 2.17. The van der Waals surface area contributed by atoms with Crippen LogP contribution in [-0.4, -0.2) is 47.0 Å². The molecule has 0 radical (unpaired) electrons. The Hall–Kier alpha value is -1.69. The van der Waals surface area contributed by atoms with Crippen molar-refractivity contribution in [2.24, 2.45) is 5.73 Å². The first-order chi connectivity index (χ1) is 9.90. The molecule has 0 fully saturated rings. The fraction of sp³-hybridized carbons (Fsp3) is 0.533. The van der Waals surface area contributed by atoms with Crippen molar-refractivity contribution in [2.75, 3.05) is 25.0 Å². The van der Waals surface area contributed by atoms with Gasteiger partial charge >= 0.3 is 0 Å². The number of nitrogens with two attached hydrogens (primary N) is 1. The van der Waals surface area contributed by atoms with E-state index in [4.69, 9.17) is 18.0 Å². The number of carbonyl (C=O) groups is 1. The van der Waals surface area contributed by atoms with Crippen LogP contribution in [0.4, 0.5) is 5.69 Å². The molecule has 1 amide bonds. The van der Waals surface area contributed by atoms with Crippen LogP contribution in [0.15, 0.2) is 18.3 Å². The standard InChI is InChI=1S/C15H24N4OS/c1-5-19(6-2)15(20)13-10-12(7-8-17-13)18(4)11(3)9-14(16)21/h7-8,10-11H,5-6,9H2,1-4H3,(H2,16,21). The quantitative estimate of drug-likeness (QED) is 0.781. The lowest BCUT2D eigenvalue weighted by Gasteiger charge is -2.27. The maximum absolute atomic E-state index is 12.3. The highest BCUT2D eigenvalue weighted by Crippen LogP contribution is 2.18. The zero-order chi connectivity index (χ0) is 16.0. The summed E-state index contributed by atoms with van der Waals surface area (Å²) in [6.07, 6.45) is 2.30. The number of nitrogens with zero attached hydrogens (tertiary/aromatic N) is 3. The third-order valence-electron chi connectivity index (χ3n) is 3.58. The topological polar surface area (TPSA) is 62.5 Å². The smallest absolute Gasteiger partial charge is 0.272 e. The molecule has 1 aromatic heterocycles. The van der Waals surface area contributed by atoms with E-state index in [1.54, 1.807) is 11.1 Å². The molecule has 0 aliphatic heterocycles. The van der Waals surface area contributed by atoms with Crippen molar-refractivity contribution in [1.29, 1.82) is 0 Å². The van der Waals surface area contributed by atoms with Gasteiger partial charge in [-0.3, -0.25) is 9.78 Å². The molecule has 21 heavy (non-hydrogen) atoms. The normalized spacial score (nSPS) is 11.8. The van der Waals surface area contributed by atoms with Gasteiger partial charge in [0.25, 0.3) is 5.91 Å². The van der Waals surface area contributed by atoms with Crippen LogP contribution in [0.5, 0.6) is 0 Å². The number of pyridine rings is 1. The molecule has 1 aromatic rings. The molecule has 0 saturated heterocycles. The minimum atomic E-state index is -0.0442. The molecule has 1 atom stereocenters. The molecule has 6 heteroatoms. The Morgan fingerprint density at radius 3 is 2.57 bits per heavy atom. The predicted molar refractivity (Wildman–Crippen MR) is 90.8 cm³/mol. The molecular weight excluding hydrogens is 284 g/mol. The second kappa shape index (κ2) is 7.93. The van der Waals surface area contributed by atoms with Gasteiger partial charge < -0.3 is 15.5 Å². The number of hydrogen-bond donors (Lipinski definition) is 1. The van der Waals surface area contributed by atoms with Gasteiger partial charge in [0.1, 0.15) is 5.69 Å². The first-order valence-electron chi connectivity index (χ1n) is 7.17. The fourth-order valence-corrected chi connectivity index (χ4v) is 2.35. The lowest BCUT2D eigenvalue weighted by atomic mass is 10.2. The van der Waals surface area contributed by atoms with Crippen LogP contribution in [0.1, 0.15) is 37.7 Å². The number of amides is 1. The average molecular weight is 308 g/mol. The van der Waals surface area contributed by atoms with E-state index in [9.17, 15) is 4.79 Å². The number of anilines is 1. The first-order valence-corrected chi connectivity index (χ1v) is 7.57. The molecule has 2 N–H and O–H groups in total. The maximum atomic E-state index is 12.3. The molecular formula is C15H24N4OS. The Morgan fingerprint density at radius 1 is 1.43 bits per heavy atom. The number of aromatic nitrogens is 1. The van der Waals surface area contributed by atoms with E-state index in [1.807, 2.05) is 40.0 Å². The molecule has 1 unspecified atom stereocenters.